The molecule has 0 aromatic carbocycles. The molecule has 1 aliphatic heterocycles. The van der Waals surface area contributed by atoms with Gasteiger partial charge < -0.3 is 10.6 Å². The number of nitrogens with zero attached hydrogens (tertiary/aromatic N) is 2. The number of halogens is 1. The van der Waals surface area contributed by atoms with Crippen molar-refractivity contribution in [3.8, 4) is 0 Å². The number of hydrogen-bond donors (Lipinski definition) is 2. The number of likely N-dealkylation sites (N-methyl/N-ethyl adjacent to an activating group) is 1. The first kappa shape index (κ1) is 16.3. The van der Waals surface area contributed by atoms with Crippen molar-refractivity contribution in [3.63, 3.8) is 0 Å². The van der Waals surface area contributed by atoms with Crippen LogP contribution in [-0.4, -0.2) is 40.3 Å². The minimum Gasteiger partial charge on any atom is -0.352 e. The molecule has 1 aromatic rings. The van der Waals surface area contributed by atoms with E-state index >= 15 is 0 Å². The maximum atomic E-state index is 12.2. The van der Waals surface area contributed by atoms with Gasteiger partial charge in [0.15, 0.2) is 0 Å². The number of carbonyl (C=O) groups excluding carboxylic acids is 1. The molecule has 1 aromatic heterocycles. The summed E-state index contributed by atoms with van der Waals surface area (Å²) in [6, 6.07) is 0.0135. The predicted molar refractivity (Wildman–Crippen MR) is 80.7 cm³/mol. The highest BCUT2D eigenvalue weighted by molar-refractivity contribution is 7.99. The average Bonchev–Trinajstić information content (AvgIpc) is 2.78. The van der Waals surface area contributed by atoms with Crippen LogP contribution in [0.2, 0.25) is 0 Å². The van der Waals surface area contributed by atoms with E-state index in [4.69, 9.17) is 0 Å². The quantitative estimate of drug-likeness (QED) is 0.875. The lowest BCUT2D eigenvalue weighted by Gasteiger charge is -2.24. The smallest absolute Gasteiger partial charge is 0.242 e. The topological polar surface area (TPSA) is 59.0 Å². The van der Waals surface area contributed by atoms with Crippen molar-refractivity contribution in [1.29, 1.82) is 0 Å². The number of amides is 1. The van der Waals surface area contributed by atoms with Crippen LogP contribution in [0.4, 0.5) is 0 Å². The summed E-state index contributed by atoms with van der Waals surface area (Å²) >= 11 is 1.96. The number of thioether (sulfide) groups is 1. The first-order chi connectivity index (χ1) is 8.70. The monoisotopic (exact) mass is 304 g/mol. The molecule has 108 valence electrons. The molecule has 1 saturated heterocycles. The Labute approximate surface area is 124 Å². The van der Waals surface area contributed by atoms with Gasteiger partial charge in [-0.25, -0.2) is 0 Å². The fourth-order valence-corrected chi connectivity index (χ4v) is 3.27. The van der Waals surface area contributed by atoms with Gasteiger partial charge in [0.05, 0.1) is 6.20 Å². The van der Waals surface area contributed by atoms with Crippen LogP contribution in [0.1, 0.15) is 24.4 Å². The fourth-order valence-electron chi connectivity index (χ4n) is 2.16. The largest absolute Gasteiger partial charge is 0.352 e. The average molecular weight is 305 g/mol. The first-order valence-corrected chi connectivity index (χ1v) is 7.40. The minimum atomic E-state index is -0.312. The number of aryl methyl sites for hydroxylation is 1. The highest BCUT2D eigenvalue weighted by atomic mass is 35.5. The van der Waals surface area contributed by atoms with Crippen molar-refractivity contribution in [1.82, 2.24) is 20.4 Å². The summed E-state index contributed by atoms with van der Waals surface area (Å²) in [6.07, 6.45) is 5.74. The Balaban J connectivity index is 0.00000180. The third-order valence-electron chi connectivity index (χ3n) is 3.18. The van der Waals surface area contributed by atoms with Gasteiger partial charge in [0.25, 0.3) is 0 Å². The Hall–Kier alpha value is -0.720. The third kappa shape index (κ3) is 4.40. The van der Waals surface area contributed by atoms with Gasteiger partial charge >= 0.3 is 0 Å². The van der Waals surface area contributed by atoms with Crippen LogP contribution in [0.25, 0.3) is 0 Å². The summed E-state index contributed by atoms with van der Waals surface area (Å²) in [7, 11) is 3.65. The fraction of sp³-hybridized carbons (Fsp3) is 0.667. The van der Waals surface area contributed by atoms with Gasteiger partial charge in [0.1, 0.15) is 6.04 Å². The lowest BCUT2D eigenvalue weighted by Crippen LogP contribution is -2.43. The Morgan fingerprint density at radius 3 is 2.74 bits per heavy atom. The predicted octanol–water partition coefficient (Wildman–Crippen LogP) is 1.11. The zero-order chi connectivity index (χ0) is 13.0. The van der Waals surface area contributed by atoms with Gasteiger partial charge in [-0.15, -0.1) is 12.4 Å². The second-order valence-corrected chi connectivity index (χ2v) is 5.79. The van der Waals surface area contributed by atoms with E-state index in [1.54, 1.807) is 17.9 Å². The Morgan fingerprint density at radius 2 is 2.21 bits per heavy atom. The van der Waals surface area contributed by atoms with Crippen LogP contribution < -0.4 is 10.6 Å². The van der Waals surface area contributed by atoms with E-state index in [2.05, 4.69) is 15.7 Å². The molecule has 2 rings (SSSR count). The molecule has 0 spiro atoms. The molecule has 0 aliphatic carbocycles. The summed E-state index contributed by atoms with van der Waals surface area (Å²) in [5, 5.41) is 10.3. The number of nitrogens with one attached hydrogen (secondary N) is 2. The number of rotatable bonds is 4. The van der Waals surface area contributed by atoms with Crippen LogP contribution in [-0.2, 0) is 11.8 Å². The molecule has 2 heterocycles. The van der Waals surface area contributed by atoms with Crippen molar-refractivity contribution >= 4 is 30.1 Å². The maximum absolute atomic E-state index is 12.2. The second kappa shape index (κ2) is 7.77. The Bertz CT molecular complexity index is 406. The molecule has 7 heteroatoms. The zero-order valence-corrected chi connectivity index (χ0v) is 12.9. The van der Waals surface area contributed by atoms with Crippen molar-refractivity contribution in [2.75, 3.05) is 18.6 Å². The van der Waals surface area contributed by atoms with Crippen molar-refractivity contribution in [2.24, 2.45) is 7.05 Å². The molecule has 1 aliphatic rings. The summed E-state index contributed by atoms with van der Waals surface area (Å²) < 4.78 is 1.71. The standard InChI is InChI=1S/C12H20N4OS.ClH/c1-13-11(9-7-14-16(2)8-9)12(17)15-10-3-5-18-6-4-10;/h7-8,10-11,13H,3-6H2,1-2H3,(H,15,17);1H. The maximum Gasteiger partial charge on any atom is 0.242 e. The van der Waals surface area contributed by atoms with Crippen LogP contribution in [0.5, 0.6) is 0 Å². The molecule has 0 bridgehead atoms. The summed E-state index contributed by atoms with van der Waals surface area (Å²) in [4.78, 5) is 12.2. The van der Waals surface area contributed by atoms with E-state index in [9.17, 15) is 4.79 Å². The first-order valence-electron chi connectivity index (χ1n) is 6.24. The van der Waals surface area contributed by atoms with E-state index in [0.717, 1.165) is 29.9 Å². The van der Waals surface area contributed by atoms with Crippen LogP contribution >= 0.6 is 24.2 Å². The molecular weight excluding hydrogens is 284 g/mol. The SMILES string of the molecule is CNC(C(=O)NC1CCSCC1)c1cnn(C)c1.Cl. The van der Waals surface area contributed by atoms with Gasteiger partial charge in [0, 0.05) is 24.8 Å². The van der Waals surface area contributed by atoms with E-state index in [-0.39, 0.29) is 24.4 Å². The second-order valence-electron chi connectivity index (χ2n) is 4.56. The molecule has 5 nitrogen and oxygen atoms in total. The van der Waals surface area contributed by atoms with E-state index in [0.29, 0.717) is 6.04 Å². The molecular formula is C12H21ClN4OS. The van der Waals surface area contributed by atoms with Gasteiger partial charge in [-0.1, -0.05) is 0 Å². The lowest BCUT2D eigenvalue weighted by molar-refractivity contribution is -0.123. The van der Waals surface area contributed by atoms with Gasteiger partial charge in [-0.2, -0.15) is 16.9 Å². The van der Waals surface area contributed by atoms with E-state index in [1.165, 1.54) is 0 Å². The number of hydrogen-bond acceptors (Lipinski definition) is 4. The molecule has 19 heavy (non-hydrogen) atoms. The molecule has 1 unspecified atom stereocenters. The summed E-state index contributed by atoms with van der Waals surface area (Å²) in [6.45, 7) is 0. The highest BCUT2D eigenvalue weighted by Crippen LogP contribution is 2.18. The summed E-state index contributed by atoms with van der Waals surface area (Å²) in [5.74, 6) is 2.33. The van der Waals surface area contributed by atoms with Gasteiger partial charge in [-0.3, -0.25) is 9.48 Å². The van der Waals surface area contributed by atoms with E-state index in [1.807, 2.05) is 25.0 Å². The molecule has 0 radical (unpaired) electrons. The number of aromatic nitrogens is 2. The van der Waals surface area contributed by atoms with Crippen molar-refractivity contribution < 1.29 is 4.79 Å². The van der Waals surface area contributed by atoms with Gasteiger partial charge in [0.2, 0.25) is 5.91 Å². The van der Waals surface area contributed by atoms with Crippen LogP contribution in [0, 0.1) is 0 Å². The van der Waals surface area contributed by atoms with Crippen molar-refractivity contribution in [3.05, 3.63) is 18.0 Å². The van der Waals surface area contributed by atoms with Crippen LogP contribution in [0.15, 0.2) is 12.4 Å². The van der Waals surface area contributed by atoms with Crippen LogP contribution in [0.3, 0.4) is 0 Å². The molecule has 1 fully saturated rings. The summed E-state index contributed by atoms with van der Waals surface area (Å²) in [5.41, 5.74) is 0.905. The molecule has 1 atom stereocenters. The highest BCUT2D eigenvalue weighted by Gasteiger charge is 2.23. The van der Waals surface area contributed by atoms with Crippen molar-refractivity contribution in [2.45, 2.75) is 24.9 Å². The molecule has 2 N–H and O–H groups in total. The zero-order valence-electron chi connectivity index (χ0n) is 11.3. The number of carbonyl (C=O) groups is 1. The third-order valence-corrected chi connectivity index (χ3v) is 4.23. The normalized spacial score (nSPS) is 17.6. The Kier molecular flexibility index (Phi) is 6.68. The Morgan fingerprint density at radius 1 is 1.53 bits per heavy atom. The molecule has 0 saturated carbocycles. The van der Waals surface area contributed by atoms with E-state index < -0.39 is 0 Å². The minimum absolute atomic E-state index is 0. The van der Waals surface area contributed by atoms with Gasteiger partial charge in [-0.05, 0) is 31.4 Å². The molecule has 1 amide bonds. The lowest BCUT2D eigenvalue weighted by atomic mass is 10.1.